The number of carboxylic acid groups (broad SMARTS) is 1. The molecule has 0 saturated heterocycles. The third-order valence-electron chi connectivity index (χ3n) is 2.45. The number of carbonyl (C=O) groups is 2. The topological polar surface area (TPSA) is 118 Å². The maximum absolute atomic E-state index is 11.9. The molecule has 3 N–H and O–H groups in total. The number of hydrogen-bond acceptors (Lipinski definition) is 4. The van der Waals surface area contributed by atoms with Gasteiger partial charge in [-0.05, 0) is 13.0 Å². The highest BCUT2D eigenvalue weighted by atomic mass is 32.2. The molecule has 0 unspecified atom stereocenters. The van der Waals surface area contributed by atoms with E-state index in [9.17, 15) is 18.0 Å². The second kappa shape index (κ2) is 5.41. The Balaban J connectivity index is 3.10. The minimum atomic E-state index is -3.98. The zero-order valence-corrected chi connectivity index (χ0v) is 11.5. The number of aromatic nitrogens is 1. The minimum absolute atomic E-state index is 0.158. The first-order valence-electron chi connectivity index (χ1n) is 5.32. The number of aliphatic carboxylic acids is 1. The first kappa shape index (κ1) is 15.2. The smallest absolute Gasteiger partial charge is 0.321 e. The quantitative estimate of drug-likeness (QED) is 0.651. The van der Waals surface area contributed by atoms with Gasteiger partial charge >= 0.3 is 5.97 Å². The highest BCUT2D eigenvalue weighted by molar-refractivity contribution is 7.89. The number of carbonyl (C=O) groups excluding carboxylic acids is 1. The molecule has 9 heteroatoms. The highest BCUT2D eigenvalue weighted by Gasteiger charge is 2.24. The maximum Gasteiger partial charge on any atom is 0.321 e. The van der Waals surface area contributed by atoms with Gasteiger partial charge in [0, 0.05) is 20.3 Å². The molecule has 0 radical (unpaired) electrons. The van der Waals surface area contributed by atoms with Gasteiger partial charge in [-0.25, -0.2) is 8.42 Å². The first-order valence-corrected chi connectivity index (χ1v) is 6.81. The predicted octanol–water partition coefficient (Wildman–Crippen LogP) is -0.864. The molecule has 19 heavy (non-hydrogen) atoms. The van der Waals surface area contributed by atoms with Crippen LogP contribution in [0, 0.1) is 0 Å². The standard InChI is InChI=1S/C10H15N3O5S/c1-6(10(15)16)12-19(17,18)7-4-8(9(14)11-2)13(3)5-7/h4-6,12H,1-3H3,(H,11,14)(H,15,16)/t6-/m1/s1. The molecule has 1 aromatic heterocycles. The van der Waals surface area contributed by atoms with Crippen LogP contribution in [0.5, 0.6) is 0 Å². The molecule has 1 heterocycles. The second-order valence-corrected chi connectivity index (χ2v) is 5.65. The minimum Gasteiger partial charge on any atom is -0.480 e. The maximum atomic E-state index is 11.9. The third-order valence-corrected chi connectivity index (χ3v) is 3.96. The van der Waals surface area contributed by atoms with Crippen LogP contribution in [-0.2, 0) is 21.9 Å². The summed E-state index contributed by atoms with van der Waals surface area (Å²) in [6.45, 7) is 1.21. The molecule has 8 nitrogen and oxygen atoms in total. The number of rotatable bonds is 5. The number of carboxylic acids is 1. The molecule has 106 valence electrons. The molecule has 0 bridgehead atoms. The molecule has 0 fully saturated rings. The van der Waals surface area contributed by atoms with Crippen LogP contribution >= 0.6 is 0 Å². The lowest BCUT2D eigenvalue weighted by atomic mass is 10.4. The Morgan fingerprint density at radius 2 is 2.00 bits per heavy atom. The van der Waals surface area contributed by atoms with Crippen molar-refractivity contribution in [3.8, 4) is 0 Å². The number of nitrogens with one attached hydrogen (secondary N) is 2. The number of nitrogens with zero attached hydrogens (tertiary/aromatic N) is 1. The second-order valence-electron chi connectivity index (χ2n) is 3.93. The number of aryl methyl sites for hydroxylation is 1. The molecule has 0 aliphatic heterocycles. The summed E-state index contributed by atoms with van der Waals surface area (Å²) in [4.78, 5) is 21.9. The number of amides is 1. The molecule has 1 amide bonds. The monoisotopic (exact) mass is 289 g/mol. The third kappa shape index (κ3) is 3.32. The average molecular weight is 289 g/mol. The van der Waals surface area contributed by atoms with Crippen LogP contribution in [-0.4, -0.2) is 43.1 Å². The molecule has 1 rings (SSSR count). The summed E-state index contributed by atoms with van der Waals surface area (Å²) >= 11 is 0. The zero-order chi connectivity index (χ0) is 14.8. The molecule has 1 atom stereocenters. The van der Waals surface area contributed by atoms with Crippen molar-refractivity contribution in [2.45, 2.75) is 17.9 Å². The fourth-order valence-corrected chi connectivity index (χ4v) is 2.65. The van der Waals surface area contributed by atoms with Gasteiger partial charge in [-0.1, -0.05) is 0 Å². The van der Waals surface area contributed by atoms with Crippen LogP contribution in [0.3, 0.4) is 0 Å². The van der Waals surface area contributed by atoms with Crippen molar-refractivity contribution < 1.29 is 23.1 Å². The lowest BCUT2D eigenvalue weighted by molar-refractivity contribution is -0.138. The van der Waals surface area contributed by atoms with Gasteiger partial charge in [-0.15, -0.1) is 0 Å². The summed E-state index contributed by atoms with van der Waals surface area (Å²) in [5.74, 6) is -1.72. The van der Waals surface area contributed by atoms with Crippen molar-refractivity contribution in [1.29, 1.82) is 0 Å². The van der Waals surface area contributed by atoms with Gasteiger partial charge in [0.25, 0.3) is 5.91 Å². The Labute approximate surface area is 110 Å². The number of sulfonamides is 1. The summed E-state index contributed by atoms with van der Waals surface area (Å²) in [6, 6.07) is -0.0795. The van der Waals surface area contributed by atoms with Gasteiger partial charge in [-0.3, -0.25) is 9.59 Å². The van der Waals surface area contributed by atoms with Crippen LogP contribution < -0.4 is 10.0 Å². The Kier molecular flexibility index (Phi) is 4.32. The summed E-state index contributed by atoms with van der Waals surface area (Å²) in [7, 11) is -1.04. The highest BCUT2D eigenvalue weighted by Crippen LogP contribution is 2.13. The van der Waals surface area contributed by atoms with E-state index >= 15 is 0 Å². The van der Waals surface area contributed by atoms with Gasteiger partial charge in [0.2, 0.25) is 10.0 Å². The van der Waals surface area contributed by atoms with Crippen LogP contribution in [0.2, 0.25) is 0 Å². The van der Waals surface area contributed by atoms with Crippen LogP contribution in [0.15, 0.2) is 17.2 Å². The van der Waals surface area contributed by atoms with E-state index in [-0.39, 0.29) is 10.6 Å². The molecule has 0 aliphatic carbocycles. The van der Waals surface area contributed by atoms with E-state index in [1.54, 1.807) is 0 Å². The summed E-state index contributed by atoms with van der Waals surface area (Å²) in [5.41, 5.74) is 0.158. The molecule has 0 aromatic carbocycles. The van der Waals surface area contributed by atoms with E-state index in [0.717, 1.165) is 0 Å². The lowest BCUT2D eigenvalue weighted by Crippen LogP contribution is -2.38. The molecule has 1 aromatic rings. The van der Waals surface area contributed by atoms with E-state index in [2.05, 4.69) is 5.32 Å². The zero-order valence-electron chi connectivity index (χ0n) is 10.7. The molecule has 0 spiro atoms. The van der Waals surface area contributed by atoms with E-state index in [4.69, 9.17) is 5.11 Å². The first-order chi connectivity index (χ1) is 8.69. The van der Waals surface area contributed by atoms with E-state index in [1.807, 2.05) is 4.72 Å². The Bertz CT molecular complexity index is 605. The largest absolute Gasteiger partial charge is 0.480 e. The van der Waals surface area contributed by atoms with Gasteiger partial charge in [-0.2, -0.15) is 4.72 Å². The normalized spacial score (nSPS) is 13.0. The average Bonchev–Trinajstić information content (AvgIpc) is 2.70. The van der Waals surface area contributed by atoms with E-state index < -0.39 is 27.9 Å². The summed E-state index contributed by atoms with van der Waals surface area (Å²) < 4.78 is 27.2. The molecular weight excluding hydrogens is 274 g/mol. The molecule has 0 saturated carbocycles. The number of hydrogen-bond donors (Lipinski definition) is 3. The summed E-state index contributed by atoms with van der Waals surface area (Å²) in [5, 5.41) is 11.1. The molecular formula is C10H15N3O5S. The lowest BCUT2D eigenvalue weighted by Gasteiger charge is -2.08. The Morgan fingerprint density at radius 3 is 2.47 bits per heavy atom. The Morgan fingerprint density at radius 1 is 1.42 bits per heavy atom. The van der Waals surface area contributed by atoms with Crippen LogP contribution in [0.1, 0.15) is 17.4 Å². The van der Waals surface area contributed by atoms with Gasteiger partial charge in [0.1, 0.15) is 16.6 Å². The summed E-state index contributed by atoms with van der Waals surface area (Å²) in [6.07, 6.45) is 1.24. The predicted molar refractivity (Wildman–Crippen MR) is 66.2 cm³/mol. The van der Waals surface area contributed by atoms with Crippen molar-refractivity contribution in [2.75, 3.05) is 7.05 Å². The van der Waals surface area contributed by atoms with Crippen molar-refractivity contribution in [3.63, 3.8) is 0 Å². The van der Waals surface area contributed by atoms with Gasteiger partial charge in [0.15, 0.2) is 0 Å². The van der Waals surface area contributed by atoms with Crippen molar-refractivity contribution in [1.82, 2.24) is 14.6 Å². The van der Waals surface area contributed by atoms with Crippen molar-refractivity contribution >= 4 is 21.9 Å². The SMILES string of the molecule is CNC(=O)c1cc(S(=O)(=O)N[C@H](C)C(=O)O)cn1C. The van der Waals surface area contributed by atoms with E-state index in [0.29, 0.717) is 0 Å². The van der Waals surface area contributed by atoms with E-state index in [1.165, 1.54) is 37.8 Å². The van der Waals surface area contributed by atoms with Crippen LogP contribution in [0.25, 0.3) is 0 Å². The van der Waals surface area contributed by atoms with Gasteiger partial charge < -0.3 is 15.0 Å². The Hall–Kier alpha value is -1.87. The van der Waals surface area contributed by atoms with Crippen molar-refractivity contribution in [2.24, 2.45) is 7.05 Å². The van der Waals surface area contributed by atoms with Crippen LogP contribution in [0.4, 0.5) is 0 Å². The van der Waals surface area contributed by atoms with Crippen molar-refractivity contribution in [3.05, 3.63) is 18.0 Å². The fraction of sp³-hybridized carbons (Fsp3) is 0.400. The fourth-order valence-electron chi connectivity index (χ4n) is 1.39. The molecule has 0 aliphatic rings. The van der Waals surface area contributed by atoms with Gasteiger partial charge in [0.05, 0.1) is 0 Å².